The minimum absolute atomic E-state index is 0.0660. The molecule has 2 aromatic rings. The van der Waals surface area contributed by atoms with E-state index in [1.54, 1.807) is 0 Å². The third kappa shape index (κ3) is 2.60. The van der Waals surface area contributed by atoms with Gasteiger partial charge in [-0.05, 0) is 52.4 Å². The molecule has 1 saturated carbocycles. The first-order valence-electron chi connectivity index (χ1n) is 6.92. The van der Waals surface area contributed by atoms with Crippen molar-refractivity contribution in [3.63, 3.8) is 0 Å². The van der Waals surface area contributed by atoms with Crippen LogP contribution in [-0.4, -0.2) is 0 Å². The highest BCUT2D eigenvalue weighted by Crippen LogP contribution is 2.48. The second-order valence-corrected chi connectivity index (χ2v) is 7.51. The van der Waals surface area contributed by atoms with Crippen molar-refractivity contribution in [1.82, 2.24) is 0 Å². The SMILES string of the molecule is CC(C)(C)c1oc2c(C(F)(F)F)cc(C3CC3)cc2c1Br. The van der Waals surface area contributed by atoms with E-state index in [1.165, 1.54) is 6.07 Å². The van der Waals surface area contributed by atoms with Crippen molar-refractivity contribution in [2.45, 2.75) is 51.1 Å². The molecule has 1 aromatic carbocycles. The van der Waals surface area contributed by atoms with Gasteiger partial charge in [0, 0.05) is 10.8 Å². The Kier molecular flexibility index (Phi) is 3.21. The molecular formula is C16H16BrF3O. The summed E-state index contributed by atoms with van der Waals surface area (Å²) in [6, 6.07) is 3.09. The van der Waals surface area contributed by atoms with Gasteiger partial charge >= 0.3 is 6.18 Å². The molecular weight excluding hydrogens is 345 g/mol. The third-order valence-corrected chi connectivity index (χ3v) is 4.57. The van der Waals surface area contributed by atoms with Crippen LogP contribution in [0.15, 0.2) is 21.0 Å². The lowest BCUT2D eigenvalue weighted by Crippen LogP contribution is -2.10. The number of halogens is 4. The van der Waals surface area contributed by atoms with E-state index < -0.39 is 11.7 Å². The molecule has 0 N–H and O–H groups in total. The predicted molar refractivity (Wildman–Crippen MR) is 79.6 cm³/mol. The monoisotopic (exact) mass is 360 g/mol. The maximum Gasteiger partial charge on any atom is 0.420 e. The summed E-state index contributed by atoms with van der Waals surface area (Å²) in [4.78, 5) is 0. The second kappa shape index (κ2) is 4.51. The Labute approximate surface area is 129 Å². The minimum Gasteiger partial charge on any atom is -0.459 e. The summed E-state index contributed by atoms with van der Waals surface area (Å²) in [5, 5.41) is 0.525. The van der Waals surface area contributed by atoms with Crippen molar-refractivity contribution in [3.8, 4) is 0 Å². The quantitative estimate of drug-likeness (QED) is 0.574. The van der Waals surface area contributed by atoms with Crippen LogP contribution in [-0.2, 0) is 11.6 Å². The van der Waals surface area contributed by atoms with Gasteiger partial charge < -0.3 is 4.42 Å². The van der Waals surface area contributed by atoms with Gasteiger partial charge in [0.25, 0.3) is 0 Å². The molecule has 0 aliphatic heterocycles. The van der Waals surface area contributed by atoms with Crippen molar-refractivity contribution in [2.24, 2.45) is 0 Å². The second-order valence-electron chi connectivity index (χ2n) is 6.71. The van der Waals surface area contributed by atoms with E-state index in [0.717, 1.165) is 18.4 Å². The van der Waals surface area contributed by atoms with Crippen LogP contribution in [0.1, 0.15) is 56.4 Å². The van der Waals surface area contributed by atoms with E-state index in [4.69, 9.17) is 4.42 Å². The Morgan fingerprint density at radius 3 is 2.24 bits per heavy atom. The molecule has 1 aliphatic rings. The fourth-order valence-electron chi connectivity index (χ4n) is 2.54. The molecule has 0 bridgehead atoms. The number of furan rings is 1. The number of benzene rings is 1. The van der Waals surface area contributed by atoms with Gasteiger partial charge in [-0.15, -0.1) is 0 Å². The normalized spacial score (nSPS) is 16.7. The fraction of sp³-hybridized carbons (Fsp3) is 0.500. The van der Waals surface area contributed by atoms with Gasteiger partial charge in [0.15, 0.2) is 0 Å². The minimum atomic E-state index is -4.41. The first-order valence-corrected chi connectivity index (χ1v) is 7.72. The lowest BCUT2D eigenvalue weighted by molar-refractivity contribution is -0.136. The Balaban J connectivity index is 2.33. The zero-order valence-electron chi connectivity index (χ0n) is 12.1. The van der Waals surface area contributed by atoms with Crippen LogP contribution in [0.25, 0.3) is 11.0 Å². The van der Waals surface area contributed by atoms with Crippen molar-refractivity contribution in [2.75, 3.05) is 0 Å². The molecule has 0 unspecified atom stereocenters. The summed E-state index contributed by atoms with van der Waals surface area (Å²) >= 11 is 3.43. The molecule has 1 nitrogen and oxygen atoms in total. The Morgan fingerprint density at radius 2 is 1.76 bits per heavy atom. The van der Waals surface area contributed by atoms with Gasteiger partial charge in [-0.1, -0.05) is 20.8 Å². The van der Waals surface area contributed by atoms with E-state index in [-0.39, 0.29) is 16.9 Å². The van der Waals surface area contributed by atoms with E-state index in [1.807, 2.05) is 26.8 Å². The lowest BCUT2D eigenvalue weighted by atomic mass is 9.93. The van der Waals surface area contributed by atoms with Crippen LogP contribution in [0.4, 0.5) is 13.2 Å². The van der Waals surface area contributed by atoms with E-state index in [0.29, 0.717) is 15.6 Å². The standard InChI is InChI=1S/C16H16BrF3O/c1-15(2,3)14-12(17)10-6-9(8-4-5-8)7-11(13(10)21-14)16(18,19)20/h6-8H,4-5H2,1-3H3. The molecule has 5 heteroatoms. The molecule has 3 rings (SSSR count). The third-order valence-electron chi connectivity index (χ3n) is 3.79. The van der Waals surface area contributed by atoms with Gasteiger partial charge in [0.1, 0.15) is 11.3 Å². The maximum absolute atomic E-state index is 13.3. The molecule has 0 saturated heterocycles. The molecule has 0 atom stereocenters. The van der Waals surface area contributed by atoms with Crippen molar-refractivity contribution in [3.05, 3.63) is 33.5 Å². The summed E-state index contributed by atoms with van der Waals surface area (Å²) in [6.07, 6.45) is -2.48. The molecule has 1 aliphatic carbocycles. The maximum atomic E-state index is 13.3. The van der Waals surface area contributed by atoms with Gasteiger partial charge in [0.2, 0.25) is 0 Å². The highest BCUT2D eigenvalue weighted by Gasteiger charge is 2.38. The van der Waals surface area contributed by atoms with E-state index in [2.05, 4.69) is 15.9 Å². The van der Waals surface area contributed by atoms with Crippen molar-refractivity contribution in [1.29, 1.82) is 0 Å². The first-order chi connectivity index (χ1) is 9.59. The van der Waals surface area contributed by atoms with E-state index in [9.17, 15) is 13.2 Å². The molecule has 114 valence electrons. The topological polar surface area (TPSA) is 13.1 Å². The molecule has 1 aromatic heterocycles. The molecule has 21 heavy (non-hydrogen) atoms. The van der Waals surface area contributed by atoms with Crippen molar-refractivity contribution < 1.29 is 17.6 Å². The number of hydrogen-bond donors (Lipinski definition) is 0. The van der Waals surface area contributed by atoms with Gasteiger partial charge in [-0.25, -0.2) is 0 Å². The number of hydrogen-bond acceptors (Lipinski definition) is 1. The zero-order valence-corrected chi connectivity index (χ0v) is 13.7. The predicted octanol–water partition coefficient (Wildman–Crippen LogP) is 6.39. The van der Waals surface area contributed by atoms with E-state index >= 15 is 0 Å². The zero-order chi connectivity index (χ0) is 15.6. The van der Waals surface area contributed by atoms with Crippen LogP contribution < -0.4 is 0 Å². The number of alkyl halides is 3. The summed E-state index contributed by atoms with van der Waals surface area (Å²) in [5.74, 6) is 0.811. The number of rotatable bonds is 1. The molecule has 0 amide bonds. The fourth-order valence-corrected chi connectivity index (χ4v) is 3.51. The van der Waals surface area contributed by atoms with Crippen molar-refractivity contribution >= 4 is 26.9 Å². The van der Waals surface area contributed by atoms with Crippen LogP contribution in [0.3, 0.4) is 0 Å². The van der Waals surface area contributed by atoms with Crippen LogP contribution >= 0.6 is 15.9 Å². The molecule has 0 spiro atoms. The van der Waals surface area contributed by atoms with Crippen LogP contribution in [0.2, 0.25) is 0 Å². The molecule has 0 radical (unpaired) electrons. The largest absolute Gasteiger partial charge is 0.459 e. The lowest BCUT2D eigenvalue weighted by Gasteiger charge is -2.15. The highest BCUT2D eigenvalue weighted by atomic mass is 79.9. The molecule has 1 fully saturated rings. The van der Waals surface area contributed by atoms with Gasteiger partial charge in [-0.2, -0.15) is 13.2 Å². The summed E-state index contributed by atoms with van der Waals surface area (Å²) in [6.45, 7) is 5.76. The summed E-state index contributed by atoms with van der Waals surface area (Å²) in [5.41, 5.74) is -0.334. The van der Waals surface area contributed by atoms with Crippen LogP contribution in [0.5, 0.6) is 0 Å². The average molecular weight is 361 g/mol. The van der Waals surface area contributed by atoms with Gasteiger partial charge in [0.05, 0.1) is 10.0 Å². The summed E-state index contributed by atoms with van der Waals surface area (Å²) < 4.78 is 46.3. The average Bonchev–Trinajstić information content (AvgIpc) is 3.11. The Hall–Kier alpha value is -0.970. The highest BCUT2D eigenvalue weighted by molar-refractivity contribution is 9.10. The summed E-state index contributed by atoms with van der Waals surface area (Å²) in [7, 11) is 0. The molecule has 1 heterocycles. The first kappa shape index (κ1) is 14.9. The Bertz CT molecular complexity index is 703. The van der Waals surface area contributed by atoms with Crippen LogP contribution in [0, 0.1) is 0 Å². The Morgan fingerprint density at radius 1 is 1.14 bits per heavy atom. The number of fused-ring (bicyclic) bond motifs is 1. The smallest absolute Gasteiger partial charge is 0.420 e. The van der Waals surface area contributed by atoms with Gasteiger partial charge in [-0.3, -0.25) is 0 Å².